The molecule has 0 radical (unpaired) electrons. The van der Waals surface area contributed by atoms with E-state index in [9.17, 15) is 9.18 Å². The predicted octanol–water partition coefficient (Wildman–Crippen LogP) is 4.54. The predicted molar refractivity (Wildman–Crippen MR) is 90.8 cm³/mol. The summed E-state index contributed by atoms with van der Waals surface area (Å²) in [4.78, 5) is 12.3. The number of rotatable bonds is 3. The zero-order valence-electron chi connectivity index (χ0n) is 12.2. The standard InChI is InChI=1S/C17H13BrFN3O/c1-10-8-13(6-7-14(10)18)20-17(23)16-9-15(21-22-16)11-2-4-12(19)5-3-11/h2-9H,1H3,(H,20,23)(H,21,22). The van der Waals surface area contributed by atoms with E-state index in [0.717, 1.165) is 15.6 Å². The van der Waals surface area contributed by atoms with Gasteiger partial charge in [-0.15, -0.1) is 0 Å². The first kappa shape index (κ1) is 15.4. The van der Waals surface area contributed by atoms with Gasteiger partial charge in [0.2, 0.25) is 0 Å². The molecule has 1 heterocycles. The van der Waals surface area contributed by atoms with Crippen LogP contribution < -0.4 is 5.32 Å². The van der Waals surface area contributed by atoms with Crippen molar-refractivity contribution in [1.29, 1.82) is 0 Å². The molecule has 0 fully saturated rings. The Morgan fingerprint density at radius 2 is 1.91 bits per heavy atom. The molecular formula is C17H13BrFN3O. The largest absolute Gasteiger partial charge is 0.321 e. The Kier molecular flexibility index (Phi) is 4.25. The summed E-state index contributed by atoms with van der Waals surface area (Å²) in [5.74, 6) is -0.597. The summed E-state index contributed by atoms with van der Waals surface area (Å²) >= 11 is 3.42. The van der Waals surface area contributed by atoms with E-state index in [1.54, 1.807) is 18.2 Å². The summed E-state index contributed by atoms with van der Waals surface area (Å²) < 4.78 is 13.9. The van der Waals surface area contributed by atoms with Gasteiger partial charge in [-0.25, -0.2) is 4.39 Å². The van der Waals surface area contributed by atoms with E-state index in [1.165, 1.54) is 12.1 Å². The molecule has 3 rings (SSSR count). The molecule has 2 N–H and O–H groups in total. The van der Waals surface area contributed by atoms with Crippen LogP contribution in [0.2, 0.25) is 0 Å². The Morgan fingerprint density at radius 3 is 2.61 bits per heavy atom. The normalized spacial score (nSPS) is 10.6. The number of benzene rings is 2. The maximum absolute atomic E-state index is 12.9. The lowest BCUT2D eigenvalue weighted by atomic mass is 10.1. The highest BCUT2D eigenvalue weighted by Gasteiger charge is 2.12. The minimum atomic E-state index is -0.312. The van der Waals surface area contributed by atoms with Crippen LogP contribution in [0.4, 0.5) is 10.1 Å². The number of hydrogen-bond acceptors (Lipinski definition) is 2. The van der Waals surface area contributed by atoms with Gasteiger partial charge in [0, 0.05) is 15.7 Å². The number of aromatic nitrogens is 2. The molecule has 1 amide bonds. The van der Waals surface area contributed by atoms with Gasteiger partial charge in [0.1, 0.15) is 11.5 Å². The number of anilines is 1. The van der Waals surface area contributed by atoms with Crippen LogP contribution in [0.5, 0.6) is 0 Å². The molecule has 23 heavy (non-hydrogen) atoms. The fourth-order valence-electron chi connectivity index (χ4n) is 2.13. The van der Waals surface area contributed by atoms with Gasteiger partial charge in [-0.05, 0) is 61.0 Å². The number of halogens is 2. The molecule has 0 aliphatic carbocycles. The summed E-state index contributed by atoms with van der Waals surface area (Å²) in [6, 6.07) is 13.1. The number of aryl methyl sites for hydroxylation is 1. The topological polar surface area (TPSA) is 57.8 Å². The minimum absolute atomic E-state index is 0.285. The SMILES string of the molecule is Cc1cc(NC(=O)c2cc(-c3ccc(F)cc3)n[nH]2)ccc1Br. The van der Waals surface area contributed by atoms with Gasteiger partial charge < -0.3 is 5.32 Å². The fraction of sp³-hybridized carbons (Fsp3) is 0.0588. The Bertz CT molecular complexity index is 859. The molecular weight excluding hydrogens is 361 g/mol. The second-order valence-corrected chi connectivity index (χ2v) is 5.95. The van der Waals surface area contributed by atoms with Crippen LogP contribution in [0.25, 0.3) is 11.3 Å². The van der Waals surface area contributed by atoms with Gasteiger partial charge in [0.25, 0.3) is 5.91 Å². The third kappa shape index (κ3) is 3.48. The number of carbonyl (C=O) groups excluding carboxylic acids is 1. The Balaban J connectivity index is 1.78. The molecule has 0 saturated carbocycles. The third-order valence-electron chi connectivity index (χ3n) is 3.38. The molecule has 0 atom stereocenters. The molecule has 116 valence electrons. The monoisotopic (exact) mass is 373 g/mol. The molecule has 0 aliphatic heterocycles. The van der Waals surface area contributed by atoms with Gasteiger partial charge in [-0.3, -0.25) is 9.89 Å². The van der Waals surface area contributed by atoms with Crippen LogP contribution in [-0.4, -0.2) is 16.1 Å². The van der Waals surface area contributed by atoms with Crippen LogP contribution in [-0.2, 0) is 0 Å². The average molecular weight is 374 g/mol. The minimum Gasteiger partial charge on any atom is -0.321 e. The van der Waals surface area contributed by atoms with Crippen molar-refractivity contribution in [3.8, 4) is 11.3 Å². The van der Waals surface area contributed by atoms with E-state index in [-0.39, 0.29) is 11.7 Å². The molecule has 0 unspecified atom stereocenters. The van der Waals surface area contributed by atoms with Crippen LogP contribution in [0.3, 0.4) is 0 Å². The maximum Gasteiger partial charge on any atom is 0.273 e. The van der Waals surface area contributed by atoms with E-state index >= 15 is 0 Å². The molecule has 0 saturated heterocycles. The number of carbonyl (C=O) groups is 1. The first-order valence-corrected chi connectivity index (χ1v) is 7.71. The van der Waals surface area contributed by atoms with Crippen molar-refractivity contribution in [3.05, 3.63) is 70.1 Å². The summed E-state index contributed by atoms with van der Waals surface area (Å²) in [6.07, 6.45) is 0. The molecule has 3 aromatic rings. The van der Waals surface area contributed by atoms with Crippen molar-refractivity contribution in [2.45, 2.75) is 6.92 Å². The summed E-state index contributed by atoms with van der Waals surface area (Å²) in [6.45, 7) is 1.95. The van der Waals surface area contributed by atoms with Crippen molar-refractivity contribution in [2.75, 3.05) is 5.32 Å². The molecule has 1 aromatic heterocycles. The van der Waals surface area contributed by atoms with E-state index < -0.39 is 0 Å². The van der Waals surface area contributed by atoms with E-state index in [2.05, 4.69) is 31.4 Å². The van der Waals surface area contributed by atoms with E-state index in [4.69, 9.17) is 0 Å². The number of hydrogen-bond donors (Lipinski definition) is 2. The van der Waals surface area contributed by atoms with Gasteiger partial charge in [0.15, 0.2) is 0 Å². The number of amides is 1. The van der Waals surface area contributed by atoms with Crippen LogP contribution in [0.1, 0.15) is 16.1 Å². The van der Waals surface area contributed by atoms with Crippen molar-refractivity contribution >= 4 is 27.5 Å². The first-order valence-electron chi connectivity index (χ1n) is 6.92. The molecule has 2 aromatic carbocycles. The molecule has 0 spiro atoms. The van der Waals surface area contributed by atoms with E-state index in [1.807, 2.05) is 25.1 Å². The summed E-state index contributed by atoms with van der Waals surface area (Å²) in [5, 5.41) is 9.60. The van der Waals surface area contributed by atoms with Crippen molar-refractivity contribution < 1.29 is 9.18 Å². The highest BCUT2D eigenvalue weighted by atomic mass is 79.9. The molecule has 6 heteroatoms. The fourth-order valence-corrected chi connectivity index (χ4v) is 2.37. The number of nitrogens with zero attached hydrogens (tertiary/aromatic N) is 1. The number of H-pyrrole nitrogens is 1. The van der Waals surface area contributed by atoms with Crippen molar-refractivity contribution in [1.82, 2.24) is 10.2 Å². The van der Waals surface area contributed by atoms with Crippen LogP contribution in [0.15, 0.2) is 53.0 Å². The second-order valence-electron chi connectivity index (χ2n) is 5.09. The second kappa shape index (κ2) is 6.34. The first-order chi connectivity index (χ1) is 11.0. The Morgan fingerprint density at radius 1 is 1.17 bits per heavy atom. The maximum atomic E-state index is 12.9. The smallest absolute Gasteiger partial charge is 0.273 e. The summed E-state index contributed by atoms with van der Waals surface area (Å²) in [7, 11) is 0. The average Bonchev–Trinajstić information content (AvgIpc) is 3.02. The number of nitrogens with one attached hydrogen (secondary N) is 2. The lowest BCUT2D eigenvalue weighted by Crippen LogP contribution is -2.12. The van der Waals surface area contributed by atoms with Gasteiger partial charge in [0.05, 0.1) is 5.69 Å². The Labute approximate surface area is 140 Å². The highest BCUT2D eigenvalue weighted by molar-refractivity contribution is 9.10. The van der Waals surface area contributed by atoms with Crippen LogP contribution >= 0.6 is 15.9 Å². The lowest BCUT2D eigenvalue weighted by Gasteiger charge is -2.05. The molecule has 0 aliphatic rings. The third-order valence-corrected chi connectivity index (χ3v) is 4.27. The van der Waals surface area contributed by atoms with Gasteiger partial charge in [-0.2, -0.15) is 5.10 Å². The molecule has 4 nitrogen and oxygen atoms in total. The summed E-state index contributed by atoms with van der Waals surface area (Å²) in [5.41, 5.74) is 3.39. The van der Waals surface area contributed by atoms with Gasteiger partial charge in [-0.1, -0.05) is 15.9 Å². The van der Waals surface area contributed by atoms with Crippen LogP contribution in [0, 0.1) is 12.7 Å². The number of aromatic amines is 1. The zero-order valence-corrected chi connectivity index (χ0v) is 13.8. The van der Waals surface area contributed by atoms with E-state index in [0.29, 0.717) is 17.1 Å². The lowest BCUT2D eigenvalue weighted by molar-refractivity contribution is 0.102. The van der Waals surface area contributed by atoms with Gasteiger partial charge >= 0.3 is 0 Å². The Hall–Kier alpha value is -2.47. The zero-order chi connectivity index (χ0) is 16.4. The molecule has 0 bridgehead atoms. The quantitative estimate of drug-likeness (QED) is 0.707. The highest BCUT2D eigenvalue weighted by Crippen LogP contribution is 2.21. The van der Waals surface area contributed by atoms with Crippen molar-refractivity contribution in [3.63, 3.8) is 0 Å². The van der Waals surface area contributed by atoms with Crippen molar-refractivity contribution in [2.24, 2.45) is 0 Å².